The summed E-state index contributed by atoms with van der Waals surface area (Å²) in [5.74, 6) is 0.763. The van der Waals surface area contributed by atoms with Crippen molar-refractivity contribution in [3.8, 4) is 11.5 Å². The molecule has 2 amide bonds. The van der Waals surface area contributed by atoms with Crippen LogP contribution in [0.15, 0.2) is 18.2 Å². The van der Waals surface area contributed by atoms with Gasteiger partial charge in [0.25, 0.3) is 5.91 Å². The quantitative estimate of drug-likeness (QED) is 0.671. The van der Waals surface area contributed by atoms with Crippen LogP contribution in [0.1, 0.15) is 65.9 Å². The van der Waals surface area contributed by atoms with E-state index < -0.39 is 0 Å². The molecule has 4 rings (SSSR count). The molecule has 0 spiro atoms. The summed E-state index contributed by atoms with van der Waals surface area (Å²) < 4.78 is 10.6. The molecule has 2 aromatic rings. The van der Waals surface area contributed by atoms with Crippen molar-refractivity contribution >= 4 is 28.3 Å². The maximum absolute atomic E-state index is 12.6. The standard InChI is InChI=1S/C21H25N3O4S/c1-2-3-4-10-22-20(26)14-6-5-7-17-18(14)23-21(29-17)24-19(25)13-8-9-15-16(11-13)28-12-27-15/h8-9,11,14H,2-7,10,12H2,1H3,(H,22,26)(H,23,24,25). The van der Waals surface area contributed by atoms with Gasteiger partial charge in [-0.05, 0) is 43.9 Å². The lowest BCUT2D eigenvalue weighted by Gasteiger charge is -2.20. The number of thiazole rings is 1. The summed E-state index contributed by atoms with van der Waals surface area (Å²) in [5.41, 5.74) is 1.29. The average Bonchev–Trinajstić information content (AvgIpc) is 3.36. The Balaban J connectivity index is 1.43. The van der Waals surface area contributed by atoms with Crippen molar-refractivity contribution in [2.45, 2.75) is 51.4 Å². The van der Waals surface area contributed by atoms with Gasteiger partial charge in [-0.1, -0.05) is 19.8 Å². The minimum Gasteiger partial charge on any atom is -0.454 e. The van der Waals surface area contributed by atoms with Gasteiger partial charge in [0.15, 0.2) is 16.6 Å². The highest BCUT2D eigenvalue weighted by atomic mass is 32.1. The Kier molecular flexibility index (Phi) is 5.99. The number of hydrogen-bond acceptors (Lipinski definition) is 6. The van der Waals surface area contributed by atoms with Gasteiger partial charge in [0, 0.05) is 17.0 Å². The van der Waals surface area contributed by atoms with Crippen molar-refractivity contribution < 1.29 is 19.1 Å². The second kappa shape index (κ2) is 8.82. The van der Waals surface area contributed by atoms with E-state index in [1.54, 1.807) is 18.2 Å². The fourth-order valence-electron chi connectivity index (χ4n) is 3.64. The zero-order chi connectivity index (χ0) is 20.2. The lowest BCUT2D eigenvalue weighted by molar-refractivity contribution is -0.122. The Bertz CT molecular complexity index is 911. The molecule has 0 radical (unpaired) electrons. The van der Waals surface area contributed by atoms with Crippen LogP contribution in [-0.4, -0.2) is 30.1 Å². The predicted molar refractivity (Wildman–Crippen MR) is 111 cm³/mol. The van der Waals surface area contributed by atoms with Crippen LogP contribution in [0.2, 0.25) is 0 Å². The summed E-state index contributed by atoms with van der Waals surface area (Å²) in [7, 11) is 0. The van der Waals surface area contributed by atoms with E-state index in [1.807, 2.05) is 0 Å². The Hall–Kier alpha value is -2.61. The van der Waals surface area contributed by atoms with E-state index in [2.05, 4.69) is 22.5 Å². The van der Waals surface area contributed by atoms with Gasteiger partial charge in [0.2, 0.25) is 12.7 Å². The molecule has 1 aromatic heterocycles. The lowest BCUT2D eigenvalue weighted by Crippen LogP contribution is -2.32. The molecule has 2 aliphatic rings. The number of aryl methyl sites for hydroxylation is 1. The topological polar surface area (TPSA) is 89.6 Å². The molecule has 7 nitrogen and oxygen atoms in total. The van der Waals surface area contributed by atoms with Crippen LogP contribution in [0.5, 0.6) is 11.5 Å². The Morgan fingerprint density at radius 1 is 1.24 bits per heavy atom. The molecule has 2 heterocycles. The van der Waals surface area contributed by atoms with E-state index in [0.29, 0.717) is 28.7 Å². The molecule has 2 N–H and O–H groups in total. The summed E-state index contributed by atoms with van der Waals surface area (Å²) in [5, 5.41) is 6.44. The Morgan fingerprint density at radius 2 is 2.10 bits per heavy atom. The largest absolute Gasteiger partial charge is 0.454 e. The van der Waals surface area contributed by atoms with Crippen LogP contribution in [0.3, 0.4) is 0 Å². The molecule has 1 aliphatic heterocycles. The molecule has 1 aromatic carbocycles. The minimum absolute atomic E-state index is 0.0426. The number of anilines is 1. The molecular weight excluding hydrogens is 390 g/mol. The molecule has 0 saturated carbocycles. The number of fused-ring (bicyclic) bond motifs is 2. The van der Waals surface area contributed by atoms with E-state index in [9.17, 15) is 9.59 Å². The number of rotatable bonds is 7. The maximum Gasteiger partial charge on any atom is 0.257 e. The summed E-state index contributed by atoms with van der Waals surface area (Å²) in [6.07, 6.45) is 5.89. The normalized spacial score (nSPS) is 16.9. The first-order valence-electron chi connectivity index (χ1n) is 10.1. The van der Waals surface area contributed by atoms with Crippen molar-refractivity contribution in [3.05, 3.63) is 34.3 Å². The molecule has 0 saturated heterocycles. The smallest absolute Gasteiger partial charge is 0.257 e. The number of nitrogens with one attached hydrogen (secondary N) is 2. The van der Waals surface area contributed by atoms with Crippen LogP contribution in [0, 0.1) is 0 Å². The highest BCUT2D eigenvalue weighted by molar-refractivity contribution is 7.16. The number of carbonyl (C=O) groups is 2. The highest BCUT2D eigenvalue weighted by Crippen LogP contribution is 2.37. The maximum atomic E-state index is 12.6. The number of aromatic nitrogens is 1. The van der Waals surface area contributed by atoms with Gasteiger partial charge in [-0.2, -0.15) is 0 Å². The Labute approximate surface area is 173 Å². The molecule has 0 bridgehead atoms. The second-order valence-electron chi connectivity index (χ2n) is 7.29. The van der Waals surface area contributed by atoms with E-state index >= 15 is 0 Å². The van der Waals surface area contributed by atoms with Crippen LogP contribution in [-0.2, 0) is 11.2 Å². The number of benzene rings is 1. The fraction of sp³-hybridized carbons (Fsp3) is 0.476. The Morgan fingerprint density at radius 3 is 2.97 bits per heavy atom. The van der Waals surface area contributed by atoms with Crippen LogP contribution < -0.4 is 20.1 Å². The molecule has 0 fully saturated rings. The van der Waals surface area contributed by atoms with Crippen LogP contribution in [0.4, 0.5) is 5.13 Å². The summed E-state index contributed by atoms with van der Waals surface area (Å²) in [6, 6.07) is 5.09. The first-order valence-corrected chi connectivity index (χ1v) is 11.0. The number of amides is 2. The van der Waals surface area contributed by atoms with Gasteiger partial charge in [0.05, 0.1) is 11.6 Å². The molecule has 1 unspecified atom stereocenters. The zero-order valence-corrected chi connectivity index (χ0v) is 17.3. The van der Waals surface area contributed by atoms with E-state index in [-0.39, 0.29) is 24.5 Å². The number of hydrogen-bond donors (Lipinski definition) is 2. The summed E-state index contributed by atoms with van der Waals surface area (Å²) in [4.78, 5) is 30.9. The molecule has 29 heavy (non-hydrogen) atoms. The predicted octanol–water partition coefficient (Wildman–Crippen LogP) is 3.85. The number of ether oxygens (including phenoxy) is 2. The number of nitrogens with zero attached hydrogens (tertiary/aromatic N) is 1. The zero-order valence-electron chi connectivity index (χ0n) is 16.5. The molecule has 1 aliphatic carbocycles. The molecule has 1 atom stereocenters. The minimum atomic E-state index is -0.255. The molecule has 154 valence electrons. The third-order valence-corrected chi connectivity index (χ3v) is 6.25. The van der Waals surface area contributed by atoms with Crippen LogP contribution in [0.25, 0.3) is 0 Å². The van der Waals surface area contributed by atoms with Gasteiger partial charge in [0.1, 0.15) is 0 Å². The van der Waals surface area contributed by atoms with Gasteiger partial charge in [-0.25, -0.2) is 4.98 Å². The lowest BCUT2D eigenvalue weighted by atomic mass is 9.90. The van der Waals surface area contributed by atoms with Crippen molar-refractivity contribution in [2.24, 2.45) is 0 Å². The van der Waals surface area contributed by atoms with E-state index in [4.69, 9.17) is 9.47 Å². The molecule has 8 heteroatoms. The number of carbonyl (C=O) groups excluding carboxylic acids is 2. The first-order chi connectivity index (χ1) is 14.2. The monoisotopic (exact) mass is 415 g/mol. The third-order valence-electron chi connectivity index (χ3n) is 5.21. The SMILES string of the molecule is CCCCCNC(=O)C1CCCc2sc(NC(=O)c3ccc4c(c3)OCO4)nc21. The summed E-state index contributed by atoms with van der Waals surface area (Å²) >= 11 is 1.46. The summed E-state index contributed by atoms with van der Waals surface area (Å²) in [6.45, 7) is 3.02. The van der Waals surface area contributed by atoms with Crippen molar-refractivity contribution in [1.82, 2.24) is 10.3 Å². The third kappa shape index (κ3) is 4.37. The molecular formula is C21H25N3O4S. The van der Waals surface area contributed by atoms with Gasteiger partial charge >= 0.3 is 0 Å². The van der Waals surface area contributed by atoms with E-state index in [0.717, 1.165) is 49.1 Å². The highest BCUT2D eigenvalue weighted by Gasteiger charge is 2.30. The van der Waals surface area contributed by atoms with Crippen molar-refractivity contribution in [2.75, 3.05) is 18.7 Å². The second-order valence-corrected chi connectivity index (χ2v) is 8.38. The first kappa shape index (κ1) is 19.7. The van der Waals surface area contributed by atoms with Gasteiger partial charge in [-0.15, -0.1) is 11.3 Å². The fourth-order valence-corrected chi connectivity index (χ4v) is 4.70. The van der Waals surface area contributed by atoms with Crippen molar-refractivity contribution in [3.63, 3.8) is 0 Å². The van der Waals surface area contributed by atoms with Gasteiger partial charge in [-0.3, -0.25) is 14.9 Å². The number of unbranched alkanes of at least 4 members (excludes halogenated alkanes) is 2. The van der Waals surface area contributed by atoms with Gasteiger partial charge < -0.3 is 14.8 Å². The average molecular weight is 416 g/mol. The van der Waals surface area contributed by atoms with Crippen molar-refractivity contribution in [1.29, 1.82) is 0 Å². The van der Waals surface area contributed by atoms with Crippen LogP contribution >= 0.6 is 11.3 Å². The van der Waals surface area contributed by atoms with E-state index in [1.165, 1.54) is 11.3 Å².